The number of Topliss-reactive ketones (excluding diaryl/α,β-unsaturated/α-hetero) is 1. The Labute approximate surface area is 147 Å². The van der Waals surface area contributed by atoms with Gasteiger partial charge in [0.15, 0.2) is 18.1 Å². The molecule has 0 unspecified atom stereocenters. The Balaban J connectivity index is 2.06. The van der Waals surface area contributed by atoms with Gasteiger partial charge in [-0.15, -0.1) is 0 Å². The van der Waals surface area contributed by atoms with Crippen molar-refractivity contribution in [2.24, 2.45) is 0 Å². The minimum absolute atomic E-state index is 0.0150. The van der Waals surface area contributed by atoms with E-state index in [0.29, 0.717) is 31.5 Å². The fourth-order valence-electron chi connectivity index (χ4n) is 2.88. The normalized spacial score (nSPS) is 14.7. The molecule has 1 fully saturated rings. The summed E-state index contributed by atoms with van der Waals surface area (Å²) in [4.78, 5) is 36.6. The summed E-state index contributed by atoms with van der Waals surface area (Å²) in [6.45, 7) is 3.05. The SMILES string of the molecule is CCCC(=O)c1ccc(OCC(=O)N2CCCCCC2)c([N+](=O)[O-])c1. The third-order valence-electron chi connectivity index (χ3n) is 4.26. The molecule has 7 nitrogen and oxygen atoms in total. The van der Waals surface area contributed by atoms with E-state index in [2.05, 4.69) is 0 Å². The van der Waals surface area contributed by atoms with Gasteiger partial charge in [0.25, 0.3) is 5.91 Å². The van der Waals surface area contributed by atoms with Gasteiger partial charge in [0.2, 0.25) is 0 Å². The first kappa shape index (κ1) is 18.9. The number of rotatable bonds is 7. The second kappa shape index (κ2) is 9.15. The average Bonchev–Trinajstić information content (AvgIpc) is 2.89. The molecule has 1 aromatic rings. The quantitative estimate of drug-likeness (QED) is 0.428. The molecule has 0 atom stereocenters. The van der Waals surface area contributed by atoms with Gasteiger partial charge >= 0.3 is 5.69 Å². The van der Waals surface area contributed by atoms with Crippen LogP contribution in [0.15, 0.2) is 18.2 Å². The number of nitrogens with zero attached hydrogens (tertiary/aromatic N) is 2. The second-order valence-electron chi connectivity index (χ2n) is 6.20. The van der Waals surface area contributed by atoms with E-state index >= 15 is 0 Å². The molecule has 7 heteroatoms. The number of benzene rings is 1. The first-order valence-electron chi connectivity index (χ1n) is 8.75. The zero-order valence-electron chi connectivity index (χ0n) is 14.5. The summed E-state index contributed by atoms with van der Waals surface area (Å²) in [7, 11) is 0. The van der Waals surface area contributed by atoms with Crippen LogP contribution < -0.4 is 4.74 Å². The van der Waals surface area contributed by atoms with Crippen LogP contribution in [0.3, 0.4) is 0 Å². The Hall–Kier alpha value is -2.44. The summed E-state index contributed by atoms with van der Waals surface area (Å²) in [5.74, 6) is -0.290. The average molecular weight is 348 g/mol. The number of carbonyl (C=O) groups is 2. The lowest BCUT2D eigenvalue weighted by atomic mass is 10.1. The highest BCUT2D eigenvalue weighted by Gasteiger charge is 2.21. The summed E-state index contributed by atoms with van der Waals surface area (Å²) < 4.78 is 5.40. The zero-order chi connectivity index (χ0) is 18.2. The number of ketones is 1. The molecule has 2 rings (SSSR count). The number of ether oxygens (including phenoxy) is 1. The molecule has 0 N–H and O–H groups in total. The smallest absolute Gasteiger partial charge is 0.311 e. The van der Waals surface area contributed by atoms with Gasteiger partial charge in [0, 0.05) is 31.1 Å². The number of amides is 1. The number of carbonyl (C=O) groups excluding carboxylic acids is 2. The standard InChI is InChI=1S/C18H24N2O5/c1-2-7-16(21)14-8-9-17(15(12-14)20(23)24)25-13-18(22)19-10-5-3-4-6-11-19/h8-9,12H,2-7,10-11,13H2,1H3. The van der Waals surface area contributed by atoms with E-state index in [1.807, 2.05) is 6.92 Å². The Morgan fingerprint density at radius 2 is 1.88 bits per heavy atom. The summed E-state index contributed by atoms with van der Waals surface area (Å²) in [5.41, 5.74) is 0.00497. The summed E-state index contributed by atoms with van der Waals surface area (Å²) in [5, 5.41) is 11.3. The highest BCUT2D eigenvalue weighted by atomic mass is 16.6. The molecule has 1 amide bonds. The van der Waals surface area contributed by atoms with Crippen molar-refractivity contribution in [1.29, 1.82) is 0 Å². The van der Waals surface area contributed by atoms with Gasteiger partial charge in [0.1, 0.15) is 0 Å². The van der Waals surface area contributed by atoms with E-state index in [-0.39, 0.29) is 29.7 Å². The Morgan fingerprint density at radius 1 is 1.20 bits per heavy atom. The number of likely N-dealkylation sites (tertiary alicyclic amines) is 1. The van der Waals surface area contributed by atoms with Crippen molar-refractivity contribution in [3.8, 4) is 5.75 Å². The van der Waals surface area contributed by atoms with Crippen molar-refractivity contribution >= 4 is 17.4 Å². The maximum atomic E-state index is 12.2. The van der Waals surface area contributed by atoms with Gasteiger partial charge in [-0.05, 0) is 31.4 Å². The zero-order valence-corrected chi connectivity index (χ0v) is 14.5. The van der Waals surface area contributed by atoms with Gasteiger partial charge in [-0.3, -0.25) is 19.7 Å². The third kappa shape index (κ3) is 5.27. The van der Waals surface area contributed by atoms with E-state index in [4.69, 9.17) is 4.74 Å². The number of nitro groups is 1. The third-order valence-corrected chi connectivity index (χ3v) is 4.26. The van der Waals surface area contributed by atoms with Crippen LogP contribution in [0.4, 0.5) is 5.69 Å². The van der Waals surface area contributed by atoms with Crippen molar-refractivity contribution < 1.29 is 19.2 Å². The molecule has 0 saturated carbocycles. The Morgan fingerprint density at radius 3 is 2.48 bits per heavy atom. The number of hydrogen-bond acceptors (Lipinski definition) is 5. The predicted molar refractivity (Wildman–Crippen MR) is 92.9 cm³/mol. The van der Waals surface area contributed by atoms with Crippen LogP contribution in [0.1, 0.15) is 55.8 Å². The van der Waals surface area contributed by atoms with E-state index in [1.54, 1.807) is 4.90 Å². The molecule has 1 heterocycles. The highest BCUT2D eigenvalue weighted by Crippen LogP contribution is 2.28. The molecule has 0 bridgehead atoms. The van der Waals surface area contributed by atoms with Crippen molar-refractivity contribution in [3.05, 3.63) is 33.9 Å². The molecule has 0 aromatic heterocycles. The lowest BCUT2D eigenvalue weighted by Crippen LogP contribution is -2.35. The van der Waals surface area contributed by atoms with Crippen LogP contribution in [0.2, 0.25) is 0 Å². The van der Waals surface area contributed by atoms with Crippen molar-refractivity contribution in [2.45, 2.75) is 45.4 Å². The largest absolute Gasteiger partial charge is 0.477 e. The van der Waals surface area contributed by atoms with Gasteiger partial charge in [-0.1, -0.05) is 19.8 Å². The second-order valence-corrected chi connectivity index (χ2v) is 6.20. The fraction of sp³-hybridized carbons (Fsp3) is 0.556. The van der Waals surface area contributed by atoms with Crippen molar-refractivity contribution in [3.63, 3.8) is 0 Å². The first-order chi connectivity index (χ1) is 12.0. The highest BCUT2D eigenvalue weighted by molar-refractivity contribution is 5.96. The molecular formula is C18H24N2O5. The minimum atomic E-state index is -0.589. The Bertz CT molecular complexity index is 636. The van der Waals surface area contributed by atoms with Crippen LogP contribution >= 0.6 is 0 Å². The lowest BCUT2D eigenvalue weighted by molar-refractivity contribution is -0.385. The van der Waals surface area contributed by atoms with Crippen molar-refractivity contribution in [2.75, 3.05) is 19.7 Å². The van der Waals surface area contributed by atoms with Crippen molar-refractivity contribution in [1.82, 2.24) is 4.90 Å². The summed E-state index contributed by atoms with van der Waals surface area (Å²) in [6.07, 6.45) is 5.19. The molecule has 0 spiro atoms. The van der Waals surface area contributed by atoms with Crippen LogP contribution in [-0.4, -0.2) is 41.2 Å². The fourth-order valence-corrected chi connectivity index (χ4v) is 2.88. The van der Waals surface area contributed by atoms with Gasteiger partial charge < -0.3 is 9.64 Å². The van der Waals surface area contributed by atoms with Crippen LogP contribution in [0.5, 0.6) is 5.75 Å². The topological polar surface area (TPSA) is 89.8 Å². The molecular weight excluding hydrogens is 324 g/mol. The summed E-state index contributed by atoms with van der Waals surface area (Å²) in [6, 6.07) is 4.14. The van der Waals surface area contributed by atoms with Crippen LogP contribution in [0.25, 0.3) is 0 Å². The monoisotopic (exact) mass is 348 g/mol. The maximum absolute atomic E-state index is 12.2. The van der Waals surface area contributed by atoms with E-state index in [1.165, 1.54) is 18.2 Å². The molecule has 1 saturated heterocycles. The van der Waals surface area contributed by atoms with Gasteiger partial charge in [0.05, 0.1) is 4.92 Å². The van der Waals surface area contributed by atoms with E-state index < -0.39 is 4.92 Å². The minimum Gasteiger partial charge on any atom is -0.477 e. The van der Waals surface area contributed by atoms with E-state index in [0.717, 1.165) is 25.7 Å². The molecule has 1 aliphatic heterocycles. The molecule has 25 heavy (non-hydrogen) atoms. The molecule has 1 aliphatic rings. The van der Waals surface area contributed by atoms with Gasteiger partial charge in [-0.25, -0.2) is 0 Å². The molecule has 0 radical (unpaired) electrons. The Kier molecular flexibility index (Phi) is 6.91. The molecule has 1 aromatic carbocycles. The predicted octanol–water partition coefficient (Wildman–Crippen LogP) is 3.36. The maximum Gasteiger partial charge on any atom is 0.311 e. The van der Waals surface area contributed by atoms with E-state index in [9.17, 15) is 19.7 Å². The summed E-state index contributed by atoms with van der Waals surface area (Å²) >= 11 is 0. The molecule has 136 valence electrons. The lowest BCUT2D eigenvalue weighted by Gasteiger charge is -2.20. The number of hydrogen-bond donors (Lipinski definition) is 0. The van der Waals surface area contributed by atoms with Crippen LogP contribution in [0, 0.1) is 10.1 Å². The van der Waals surface area contributed by atoms with Gasteiger partial charge in [-0.2, -0.15) is 0 Å². The van der Waals surface area contributed by atoms with Crippen LogP contribution in [-0.2, 0) is 4.79 Å². The number of nitro benzene ring substituents is 1. The first-order valence-corrected chi connectivity index (χ1v) is 8.75. The molecule has 0 aliphatic carbocycles.